The Balaban J connectivity index is 1.25. The molecular weight excluding hydrogens is 426 g/mol. The molecule has 4 saturated carbocycles. The Hall–Kier alpha value is -3.06. The summed E-state index contributed by atoms with van der Waals surface area (Å²) in [6, 6.07) is 11.3. The number of phenolic OH excluding ortho intramolecular Hbond substituents is 1. The van der Waals surface area contributed by atoms with Gasteiger partial charge in [-0.1, -0.05) is 0 Å². The molecule has 7 nitrogen and oxygen atoms in total. The summed E-state index contributed by atoms with van der Waals surface area (Å²) in [4.78, 5) is 19.5. The van der Waals surface area contributed by atoms with E-state index < -0.39 is 0 Å². The number of nitrogens with zero attached hydrogens (tertiary/aromatic N) is 3. The molecule has 4 aromatic rings. The van der Waals surface area contributed by atoms with Gasteiger partial charge in [-0.05, 0) is 80.5 Å². The average Bonchev–Trinajstić information content (AvgIpc) is 3.39. The van der Waals surface area contributed by atoms with E-state index >= 15 is 0 Å². The monoisotopic (exact) mass is 457 g/mol. The number of nitrogens with one attached hydrogen (secondary N) is 2. The number of benzene rings is 2. The van der Waals surface area contributed by atoms with Gasteiger partial charge in [0.05, 0.1) is 42.3 Å². The summed E-state index contributed by atoms with van der Waals surface area (Å²) in [6.45, 7) is 1.52. The van der Waals surface area contributed by atoms with E-state index in [4.69, 9.17) is 14.7 Å². The van der Waals surface area contributed by atoms with Crippen molar-refractivity contribution in [1.82, 2.24) is 24.8 Å². The van der Waals surface area contributed by atoms with Crippen LogP contribution in [-0.4, -0.2) is 42.6 Å². The number of methoxy groups -OCH3 is 1. The SMILES string of the molecule is COc1ccc2nc(CN(Cc3nc4ccc(O)cc4[nH]3)C34CC5CC(CC(C5)C3)C4)[nH]c2c1. The lowest BCUT2D eigenvalue weighted by Crippen LogP contribution is -2.59. The summed E-state index contributed by atoms with van der Waals surface area (Å²) >= 11 is 0. The van der Waals surface area contributed by atoms with Crippen LogP contribution >= 0.6 is 0 Å². The van der Waals surface area contributed by atoms with Crippen LogP contribution in [-0.2, 0) is 13.1 Å². The fourth-order valence-electron chi connectivity index (χ4n) is 7.57. The summed E-state index contributed by atoms with van der Waals surface area (Å²) in [6.07, 6.45) is 8.11. The van der Waals surface area contributed by atoms with Gasteiger partial charge in [0.25, 0.3) is 0 Å². The van der Waals surface area contributed by atoms with Crippen LogP contribution in [0.1, 0.15) is 50.2 Å². The Morgan fingerprint density at radius 1 is 0.882 bits per heavy atom. The Bertz CT molecular complexity index is 1340. The molecule has 7 heteroatoms. The van der Waals surface area contributed by atoms with Gasteiger partial charge in [0.2, 0.25) is 0 Å². The fraction of sp³-hybridized carbons (Fsp3) is 0.481. The average molecular weight is 458 g/mol. The number of aromatic amines is 2. The second-order valence-corrected chi connectivity index (χ2v) is 10.9. The lowest BCUT2D eigenvalue weighted by Gasteiger charge is -2.60. The number of ether oxygens (including phenoxy) is 1. The highest BCUT2D eigenvalue weighted by Crippen LogP contribution is 2.58. The first kappa shape index (κ1) is 20.3. The van der Waals surface area contributed by atoms with Crippen LogP contribution < -0.4 is 4.74 Å². The molecule has 4 fully saturated rings. The van der Waals surface area contributed by atoms with Crippen molar-refractivity contribution in [2.75, 3.05) is 7.11 Å². The largest absolute Gasteiger partial charge is 0.508 e. The molecule has 0 saturated heterocycles. The van der Waals surface area contributed by atoms with Gasteiger partial charge in [-0.2, -0.15) is 0 Å². The lowest BCUT2D eigenvalue weighted by molar-refractivity contribution is -0.0976. The molecule has 2 heterocycles. The molecule has 4 aliphatic rings. The van der Waals surface area contributed by atoms with Crippen molar-refractivity contribution in [3.63, 3.8) is 0 Å². The van der Waals surface area contributed by atoms with Crippen molar-refractivity contribution >= 4 is 22.1 Å². The van der Waals surface area contributed by atoms with Gasteiger partial charge >= 0.3 is 0 Å². The molecule has 0 spiro atoms. The number of fused-ring (bicyclic) bond motifs is 2. The Morgan fingerprint density at radius 3 is 2.03 bits per heavy atom. The number of aromatic nitrogens is 4. The predicted octanol–water partition coefficient (Wildman–Crippen LogP) is 5.12. The van der Waals surface area contributed by atoms with Crippen molar-refractivity contribution in [3.05, 3.63) is 48.0 Å². The number of hydrogen-bond donors (Lipinski definition) is 3. The van der Waals surface area contributed by atoms with E-state index in [-0.39, 0.29) is 11.3 Å². The summed E-state index contributed by atoms with van der Waals surface area (Å²) in [5, 5.41) is 9.90. The minimum absolute atomic E-state index is 0.215. The smallest absolute Gasteiger partial charge is 0.121 e. The van der Waals surface area contributed by atoms with Crippen LogP contribution in [0.4, 0.5) is 0 Å². The molecular formula is C27H31N5O2. The standard InChI is InChI=1S/C27H31N5O2/c1-34-20-3-5-22-24(10-20)31-26(29-22)15-32(14-25-28-21-4-2-19(33)9-23(21)30-25)27-11-16-6-17(12-27)8-18(7-16)13-27/h2-5,9-10,16-18,33H,6-8,11-15H2,1H3,(H,28,30)(H,29,31). The highest BCUT2D eigenvalue weighted by Gasteiger charge is 2.53. The highest BCUT2D eigenvalue weighted by molar-refractivity contribution is 5.77. The number of phenols is 1. The number of aromatic hydroxyl groups is 1. The summed E-state index contributed by atoms with van der Waals surface area (Å²) in [5.74, 6) is 5.63. The van der Waals surface area contributed by atoms with Crippen molar-refractivity contribution in [3.8, 4) is 11.5 Å². The van der Waals surface area contributed by atoms with Gasteiger partial charge in [0, 0.05) is 17.7 Å². The van der Waals surface area contributed by atoms with E-state index in [9.17, 15) is 5.11 Å². The van der Waals surface area contributed by atoms with Gasteiger partial charge in [-0.3, -0.25) is 4.90 Å². The molecule has 34 heavy (non-hydrogen) atoms. The quantitative estimate of drug-likeness (QED) is 0.374. The molecule has 176 valence electrons. The lowest BCUT2D eigenvalue weighted by atomic mass is 9.52. The van der Waals surface area contributed by atoms with Crippen LogP contribution in [0.15, 0.2) is 36.4 Å². The van der Waals surface area contributed by atoms with Gasteiger partial charge in [-0.25, -0.2) is 9.97 Å². The first-order valence-electron chi connectivity index (χ1n) is 12.5. The summed E-state index contributed by atoms with van der Waals surface area (Å²) in [7, 11) is 1.69. The molecule has 0 unspecified atom stereocenters. The Labute approximate surface area is 198 Å². The Kier molecular flexibility index (Phi) is 4.47. The fourth-order valence-corrected chi connectivity index (χ4v) is 7.57. The number of hydrogen-bond acceptors (Lipinski definition) is 5. The van der Waals surface area contributed by atoms with Crippen LogP contribution in [0.5, 0.6) is 11.5 Å². The minimum atomic E-state index is 0.215. The van der Waals surface area contributed by atoms with Crippen molar-refractivity contribution in [2.24, 2.45) is 17.8 Å². The molecule has 2 aromatic heterocycles. The zero-order valence-corrected chi connectivity index (χ0v) is 19.6. The van der Waals surface area contributed by atoms with Gasteiger partial charge in [0.15, 0.2) is 0 Å². The molecule has 2 aromatic carbocycles. The summed E-state index contributed by atoms with van der Waals surface area (Å²) in [5.41, 5.74) is 3.98. The zero-order chi connectivity index (χ0) is 22.9. The maximum Gasteiger partial charge on any atom is 0.121 e. The van der Waals surface area contributed by atoms with Crippen molar-refractivity contribution < 1.29 is 9.84 Å². The van der Waals surface area contributed by atoms with E-state index in [1.165, 1.54) is 38.5 Å². The van der Waals surface area contributed by atoms with E-state index in [1.807, 2.05) is 24.3 Å². The van der Waals surface area contributed by atoms with Crippen LogP contribution in [0.25, 0.3) is 22.1 Å². The van der Waals surface area contributed by atoms with Crippen molar-refractivity contribution in [1.29, 1.82) is 0 Å². The third kappa shape index (κ3) is 3.36. The third-order valence-corrected chi connectivity index (χ3v) is 8.61. The van der Waals surface area contributed by atoms with E-state index in [2.05, 4.69) is 14.9 Å². The first-order valence-corrected chi connectivity index (χ1v) is 12.5. The second-order valence-electron chi connectivity index (χ2n) is 10.9. The van der Waals surface area contributed by atoms with E-state index in [1.54, 1.807) is 19.2 Å². The number of imidazole rings is 2. The van der Waals surface area contributed by atoms with Crippen LogP contribution in [0, 0.1) is 17.8 Å². The van der Waals surface area contributed by atoms with Crippen molar-refractivity contribution in [2.45, 2.75) is 57.2 Å². The summed E-state index contributed by atoms with van der Waals surface area (Å²) < 4.78 is 5.41. The van der Waals surface area contributed by atoms with E-state index in [0.717, 1.165) is 70.3 Å². The number of rotatable bonds is 6. The molecule has 3 N–H and O–H groups in total. The molecule has 8 rings (SSSR count). The van der Waals surface area contributed by atoms with Gasteiger partial charge in [-0.15, -0.1) is 0 Å². The molecule has 4 bridgehead atoms. The maximum atomic E-state index is 9.90. The maximum absolute atomic E-state index is 9.90. The molecule has 4 aliphatic carbocycles. The molecule has 0 amide bonds. The topological polar surface area (TPSA) is 90.1 Å². The van der Waals surface area contributed by atoms with E-state index in [0.29, 0.717) is 0 Å². The molecule has 0 atom stereocenters. The van der Waals surface area contributed by atoms with Crippen LogP contribution in [0.2, 0.25) is 0 Å². The number of H-pyrrole nitrogens is 2. The third-order valence-electron chi connectivity index (χ3n) is 8.61. The Morgan fingerprint density at radius 2 is 1.44 bits per heavy atom. The van der Waals surface area contributed by atoms with Gasteiger partial charge in [0.1, 0.15) is 23.1 Å². The molecule has 0 radical (unpaired) electrons. The minimum Gasteiger partial charge on any atom is -0.508 e. The van der Waals surface area contributed by atoms with Gasteiger partial charge < -0.3 is 19.8 Å². The molecule has 0 aliphatic heterocycles. The van der Waals surface area contributed by atoms with Crippen LogP contribution in [0.3, 0.4) is 0 Å². The predicted molar refractivity (Wildman–Crippen MR) is 131 cm³/mol. The first-order chi connectivity index (χ1) is 16.5. The normalized spacial score (nSPS) is 27.9. The second kappa shape index (κ2) is 7.47. The zero-order valence-electron chi connectivity index (χ0n) is 19.6. The highest BCUT2D eigenvalue weighted by atomic mass is 16.5.